The van der Waals surface area contributed by atoms with E-state index in [1.165, 1.54) is 4.88 Å². The third-order valence-corrected chi connectivity index (χ3v) is 6.99. The van der Waals surface area contributed by atoms with Crippen molar-refractivity contribution in [3.8, 4) is 33.3 Å². The lowest BCUT2D eigenvalue weighted by Gasteiger charge is -2.17. The topological polar surface area (TPSA) is 125 Å². The summed E-state index contributed by atoms with van der Waals surface area (Å²) in [6.45, 7) is 7.68. The fraction of sp³-hybridized carbons (Fsp3) is 0.185. The molecule has 6 heterocycles. The van der Waals surface area contributed by atoms with Crippen LogP contribution in [-0.4, -0.2) is 41.0 Å². The Hall–Kier alpha value is -4.44. The van der Waals surface area contributed by atoms with Gasteiger partial charge in [-0.1, -0.05) is 20.8 Å². The van der Waals surface area contributed by atoms with E-state index in [0.29, 0.717) is 28.4 Å². The van der Waals surface area contributed by atoms with Gasteiger partial charge in [-0.15, -0.1) is 11.3 Å². The van der Waals surface area contributed by atoms with E-state index >= 15 is 0 Å². The molecule has 0 saturated heterocycles. The lowest BCUT2D eigenvalue weighted by Crippen LogP contribution is -2.27. The molecule has 0 aliphatic carbocycles. The van der Waals surface area contributed by atoms with Crippen molar-refractivity contribution in [2.24, 2.45) is 5.41 Å². The number of nitrogens with zero attached hydrogens (tertiary/aromatic N) is 5. The number of hydrogen-bond acceptors (Lipinski definition) is 7. The molecule has 0 spiro atoms. The quantitative estimate of drug-likeness (QED) is 0.269. The number of aromatic nitrogens is 7. The number of carbonyl (C=O) groups excluding carboxylic acids is 1. The Morgan fingerprint density at radius 2 is 1.81 bits per heavy atom. The Labute approximate surface area is 216 Å². The maximum Gasteiger partial charge on any atom is 0.229 e. The molecule has 6 aromatic heterocycles. The van der Waals surface area contributed by atoms with Gasteiger partial charge in [-0.05, 0) is 43.3 Å². The minimum Gasteiger partial charge on any atom is -0.336 e. The predicted molar refractivity (Wildman–Crippen MR) is 146 cm³/mol. The third-order valence-electron chi connectivity index (χ3n) is 5.98. The van der Waals surface area contributed by atoms with Gasteiger partial charge in [0.2, 0.25) is 5.91 Å². The highest BCUT2D eigenvalue weighted by Gasteiger charge is 2.22. The highest BCUT2D eigenvalue weighted by atomic mass is 32.1. The molecule has 3 N–H and O–H groups in total. The number of hydrogen-bond donors (Lipinski definition) is 3. The van der Waals surface area contributed by atoms with Gasteiger partial charge in [-0.25, -0.2) is 9.97 Å². The van der Waals surface area contributed by atoms with E-state index in [1.54, 1.807) is 29.9 Å². The second-order valence-corrected chi connectivity index (χ2v) is 11.2. The molecule has 6 rings (SSSR count). The molecule has 0 aliphatic heterocycles. The average molecular weight is 509 g/mol. The second-order valence-electron chi connectivity index (χ2n) is 9.88. The fourth-order valence-electron chi connectivity index (χ4n) is 3.98. The molecule has 0 radical (unpaired) electrons. The number of aromatic amines is 2. The van der Waals surface area contributed by atoms with Crippen molar-refractivity contribution >= 4 is 45.0 Å². The molecule has 0 fully saturated rings. The Kier molecular flexibility index (Phi) is 5.34. The van der Waals surface area contributed by atoms with Crippen molar-refractivity contribution in [1.29, 1.82) is 0 Å². The van der Waals surface area contributed by atoms with E-state index in [0.717, 1.165) is 32.7 Å². The number of thiophene rings is 1. The summed E-state index contributed by atoms with van der Waals surface area (Å²) < 4.78 is 0. The zero-order valence-corrected chi connectivity index (χ0v) is 21.6. The molecule has 6 aromatic rings. The smallest absolute Gasteiger partial charge is 0.229 e. The van der Waals surface area contributed by atoms with Crippen molar-refractivity contribution in [3.05, 3.63) is 59.9 Å². The summed E-state index contributed by atoms with van der Waals surface area (Å²) in [5.41, 5.74) is 6.20. The first-order valence-electron chi connectivity index (χ1n) is 11.8. The van der Waals surface area contributed by atoms with Crippen LogP contribution in [0.3, 0.4) is 0 Å². The minimum absolute atomic E-state index is 0.0802. The third kappa shape index (κ3) is 4.25. The van der Waals surface area contributed by atoms with Gasteiger partial charge in [0, 0.05) is 28.2 Å². The molecular formula is C27H24N8OS. The molecule has 0 atom stereocenters. The molecular weight excluding hydrogens is 484 g/mol. The highest BCUT2D eigenvalue weighted by molar-refractivity contribution is 7.15. The molecule has 1 amide bonds. The van der Waals surface area contributed by atoms with E-state index in [1.807, 2.05) is 45.0 Å². The molecule has 10 heteroatoms. The predicted octanol–water partition coefficient (Wildman–Crippen LogP) is 5.98. The summed E-state index contributed by atoms with van der Waals surface area (Å²) >= 11 is 1.69. The summed E-state index contributed by atoms with van der Waals surface area (Å²) in [7, 11) is 0. The van der Waals surface area contributed by atoms with Gasteiger partial charge in [0.25, 0.3) is 0 Å². The van der Waals surface area contributed by atoms with Gasteiger partial charge >= 0.3 is 0 Å². The Bertz CT molecular complexity index is 1790. The van der Waals surface area contributed by atoms with Crippen molar-refractivity contribution < 1.29 is 4.79 Å². The summed E-state index contributed by atoms with van der Waals surface area (Å²) in [6.07, 6.45) is 5.14. The van der Waals surface area contributed by atoms with Crippen LogP contribution in [0.25, 0.3) is 55.4 Å². The van der Waals surface area contributed by atoms with E-state index in [4.69, 9.17) is 9.97 Å². The Morgan fingerprint density at radius 1 is 0.973 bits per heavy atom. The van der Waals surface area contributed by atoms with Gasteiger partial charge in [0.05, 0.1) is 33.5 Å². The first-order chi connectivity index (χ1) is 17.8. The minimum atomic E-state index is -0.511. The van der Waals surface area contributed by atoms with Crippen LogP contribution in [0.2, 0.25) is 0 Å². The van der Waals surface area contributed by atoms with Crippen LogP contribution in [-0.2, 0) is 4.79 Å². The standard InChI is InChI=1S/C27H24N8OS/c1-14-5-8-20(37-14)23-21-18(9-10-29-23)32-25(33-21)24-22-19(34-35-24)7-6-17(31-22)15-11-16(13-28-12-15)30-26(36)27(2,3)4/h5-13H,1-4H3,(H,30,36)(H,32,33)(H,34,35). The Balaban J connectivity index is 1.40. The molecule has 0 bridgehead atoms. The van der Waals surface area contributed by atoms with Crippen LogP contribution in [0.4, 0.5) is 5.69 Å². The van der Waals surface area contributed by atoms with Crippen molar-refractivity contribution in [2.75, 3.05) is 5.32 Å². The van der Waals surface area contributed by atoms with E-state index in [9.17, 15) is 4.79 Å². The number of amides is 1. The van der Waals surface area contributed by atoms with Crippen molar-refractivity contribution in [2.45, 2.75) is 27.7 Å². The number of rotatable bonds is 4. The summed E-state index contributed by atoms with van der Waals surface area (Å²) in [4.78, 5) is 36.8. The number of nitrogens with one attached hydrogen (secondary N) is 3. The first-order valence-corrected chi connectivity index (χ1v) is 12.6. The highest BCUT2D eigenvalue weighted by Crippen LogP contribution is 2.33. The normalized spacial score (nSPS) is 11.9. The fourth-order valence-corrected chi connectivity index (χ4v) is 4.85. The maximum absolute atomic E-state index is 12.4. The average Bonchev–Trinajstić information content (AvgIpc) is 3.60. The van der Waals surface area contributed by atoms with Crippen LogP contribution >= 0.6 is 11.3 Å². The number of H-pyrrole nitrogens is 2. The van der Waals surface area contributed by atoms with Crippen LogP contribution < -0.4 is 5.32 Å². The van der Waals surface area contributed by atoms with Crippen LogP contribution in [0, 0.1) is 12.3 Å². The zero-order valence-electron chi connectivity index (χ0n) is 20.7. The van der Waals surface area contributed by atoms with Gasteiger partial charge in [0.1, 0.15) is 16.7 Å². The molecule has 0 aliphatic rings. The second kappa shape index (κ2) is 8.59. The van der Waals surface area contributed by atoms with Crippen LogP contribution in [0.1, 0.15) is 25.6 Å². The first kappa shape index (κ1) is 23.0. The summed E-state index contributed by atoms with van der Waals surface area (Å²) in [5.74, 6) is 0.529. The van der Waals surface area contributed by atoms with E-state index in [-0.39, 0.29) is 5.91 Å². The van der Waals surface area contributed by atoms with E-state index in [2.05, 4.69) is 49.5 Å². The summed E-state index contributed by atoms with van der Waals surface area (Å²) in [5, 5.41) is 10.5. The number of pyridine rings is 3. The maximum atomic E-state index is 12.4. The number of imidazole rings is 1. The monoisotopic (exact) mass is 508 g/mol. The lowest BCUT2D eigenvalue weighted by molar-refractivity contribution is -0.123. The summed E-state index contributed by atoms with van der Waals surface area (Å²) in [6, 6.07) is 11.8. The molecule has 0 saturated carbocycles. The van der Waals surface area contributed by atoms with Gasteiger partial charge < -0.3 is 10.3 Å². The Morgan fingerprint density at radius 3 is 2.59 bits per heavy atom. The largest absolute Gasteiger partial charge is 0.336 e. The van der Waals surface area contributed by atoms with Crippen LogP contribution in [0.15, 0.2) is 55.0 Å². The molecule has 0 unspecified atom stereocenters. The van der Waals surface area contributed by atoms with Gasteiger partial charge in [-0.3, -0.25) is 19.9 Å². The van der Waals surface area contributed by atoms with E-state index < -0.39 is 5.41 Å². The molecule has 184 valence electrons. The number of aryl methyl sites for hydroxylation is 1. The molecule has 9 nitrogen and oxygen atoms in total. The molecule has 37 heavy (non-hydrogen) atoms. The van der Waals surface area contributed by atoms with Gasteiger partial charge in [0.15, 0.2) is 11.5 Å². The van der Waals surface area contributed by atoms with Crippen molar-refractivity contribution in [3.63, 3.8) is 0 Å². The zero-order chi connectivity index (χ0) is 25.7. The lowest BCUT2D eigenvalue weighted by atomic mass is 9.95. The molecule has 0 aromatic carbocycles. The van der Waals surface area contributed by atoms with Gasteiger partial charge in [-0.2, -0.15) is 5.10 Å². The van der Waals surface area contributed by atoms with Crippen molar-refractivity contribution in [1.82, 2.24) is 35.1 Å². The number of anilines is 1. The number of fused-ring (bicyclic) bond motifs is 2. The van der Waals surface area contributed by atoms with Crippen LogP contribution in [0.5, 0.6) is 0 Å². The number of carbonyl (C=O) groups is 1. The SMILES string of the molecule is Cc1ccc(-c2nccc3[nH]c(-c4n[nH]c5ccc(-c6cncc(NC(=O)C(C)(C)C)c6)nc45)nc23)s1.